The summed E-state index contributed by atoms with van der Waals surface area (Å²) < 4.78 is 10.8. The minimum absolute atomic E-state index is 0.335. The van der Waals surface area contributed by atoms with Crippen molar-refractivity contribution in [2.24, 2.45) is 5.73 Å². The van der Waals surface area contributed by atoms with Gasteiger partial charge in [-0.05, 0) is 31.0 Å². The maximum absolute atomic E-state index is 5.91. The second-order valence-corrected chi connectivity index (χ2v) is 5.98. The summed E-state index contributed by atoms with van der Waals surface area (Å²) in [5.41, 5.74) is 7.17. The highest BCUT2D eigenvalue weighted by Crippen LogP contribution is 2.37. The topological polar surface area (TPSA) is 44.5 Å². The van der Waals surface area contributed by atoms with E-state index in [4.69, 9.17) is 15.2 Å². The van der Waals surface area contributed by atoms with Crippen LogP contribution in [0.15, 0.2) is 24.3 Å². The van der Waals surface area contributed by atoms with Gasteiger partial charge in [-0.3, -0.25) is 0 Å². The molecule has 0 aromatic heterocycles. The number of hydrogen-bond acceptors (Lipinski definition) is 4. The zero-order valence-corrected chi connectivity index (χ0v) is 11.8. The highest BCUT2D eigenvalue weighted by atomic mass is 32.2. The predicted molar refractivity (Wildman–Crippen MR) is 76.2 cm³/mol. The Morgan fingerprint density at radius 2 is 2.17 bits per heavy atom. The molecule has 0 bridgehead atoms. The highest BCUT2D eigenvalue weighted by Gasteiger charge is 2.27. The second-order valence-electron chi connectivity index (χ2n) is 4.54. The van der Waals surface area contributed by atoms with Gasteiger partial charge in [0.25, 0.3) is 0 Å². The lowest BCUT2D eigenvalue weighted by Crippen LogP contribution is -2.19. The smallest absolute Gasteiger partial charge is 0.118 e. The van der Waals surface area contributed by atoms with Gasteiger partial charge in [-0.1, -0.05) is 12.1 Å². The number of nitrogens with two attached hydrogens (primary N) is 1. The Bertz CT molecular complexity index is 369. The third-order valence-corrected chi connectivity index (χ3v) is 5.11. The van der Waals surface area contributed by atoms with E-state index in [0.717, 1.165) is 18.8 Å². The first-order chi connectivity index (χ1) is 8.74. The van der Waals surface area contributed by atoms with E-state index >= 15 is 0 Å². The quantitative estimate of drug-likeness (QED) is 0.890. The van der Waals surface area contributed by atoms with Crippen LogP contribution in [-0.4, -0.2) is 31.6 Å². The van der Waals surface area contributed by atoms with Crippen LogP contribution < -0.4 is 10.5 Å². The normalized spacial score (nSPS) is 25.1. The Balaban J connectivity index is 2.02. The molecule has 1 aromatic rings. The van der Waals surface area contributed by atoms with Crippen LogP contribution in [-0.2, 0) is 4.74 Å². The molecule has 0 amide bonds. The first-order valence-electron chi connectivity index (χ1n) is 6.35. The van der Waals surface area contributed by atoms with Crippen molar-refractivity contribution in [2.75, 3.05) is 20.3 Å². The van der Waals surface area contributed by atoms with Crippen LogP contribution in [0.2, 0.25) is 0 Å². The van der Waals surface area contributed by atoms with Crippen molar-refractivity contribution >= 4 is 11.8 Å². The molecule has 18 heavy (non-hydrogen) atoms. The van der Waals surface area contributed by atoms with Gasteiger partial charge in [-0.15, -0.1) is 11.8 Å². The van der Waals surface area contributed by atoms with Crippen molar-refractivity contribution in [3.05, 3.63) is 29.8 Å². The van der Waals surface area contributed by atoms with E-state index in [1.54, 1.807) is 7.11 Å². The van der Waals surface area contributed by atoms with Gasteiger partial charge in [0.15, 0.2) is 0 Å². The zero-order chi connectivity index (χ0) is 13.0. The molecule has 4 heteroatoms. The van der Waals surface area contributed by atoms with Crippen molar-refractivity contribution in [3.63, 3.8) is 0 Å². The molecule has 3 atom stereocenters. The summed E-state index contributed by atoms with van der Waals surface area (Å²) >= 11 is 1.94. The largest absolute Gasteiger partial charge is 0.497 e. The molecule has 2 N–H and O–H groups in total. The SMILES string of the molecule is COc1ccc(C(CN)SC2CCOC2C)cc1. The Morgan fingerprint density at radius 3 is 2.67 bits per heavy atom. The summed E-state index contributed by atoms with van der Waals surface area (Å²) in [6.07, 6.45) is 1.46. The molecule has 1 saturated heterocycles. The van der Waals surface area contributed by atoms with Crippen LogP contribution >= 0.6 is 11.8 Å². The average molecular weight is 267 g/mol. The van der Waals surface area contributed by atoms with Gasteiger partial charge in [-0.25, -0.2) is 0 Å². The molecular weight excluding hydrogens is 246 g/mol. The maximum atomic E-state index is 5.91. The van der Waals surface area contributed by atoms with E-state index in [1.807, 2.05) is 23.9 Å². The molecule has 1 fully saturated rings. The fraction of sp³-hybridized carbons (Fsp3) is 0.571. The van der Waals surface area contributed by atoms with Crippen LogP contribution in [0.1, 0.15) is 24.2 Å². The van der Waals surface area contributed by atoms with Gasteiger partial charge in [0, 0.05) is 23.7 Å². The van der Waals surface area contributed by atoms with Gasteiger partial charge in [0.2, 0.25) is 0 Å². The lowest BCUT2D eigenvalue weighted by atomic mass is 10.1. The molecule has 3 nitrogen and oxygen atoms in total. The van der Waals surface area contributed by atoms with Crippen molar-refractivity contribution in [1.29, 1.82) is 0 Å². The average Bonchev–Trinajstić information content (AvgIpc) is 2.81. The second kappa shape index (κ2) is 6.45. The van der Waals surface area contributed by atoms with Gasteiger partial charge in [0.05, 0.1) is 13.2 Å². The molecule has 1 aromatic carbocycles. The number of ether oxygens (including phenoxy) is 2. The molecule has 1 aliphatic rings. The molecule has 2 rings (SSSR count). The summed E-state index contributed by atoms with van der Waals surface area (Å²) in [6, 6.07) is 8.19. The van der Waals surface area contributed by atoms with E-state index in [1.165, 1.54) is 5.56 Å². The van der Waals surface area contributed by atoms with E-state index in [9.17, 15) is 0 Å². The molecule has 100 valence electrons. The summed E-state index contributed by atoms with van der Waals surface area (Å²) in [5, 5.41) is 0.894. The van der Waals surface area contributed by atoms with E-state index in [-0.39, 0.29) is 0 Å². The minimum Gasteiger partial charge on any atom is -0.497 e. The lowest BCUT2D eigenvalue weighted by molar-refractivity contribution is 0.127. The standard InChI is InChI=1S/C14H21NO2S/c1-10-13(7-8-17-10)18-14(9-15)11-3-5-12(16-2)6-4-11/h3-6,10,13-14H,7-9,15H2,1-2H3. The van der Waals surface area contributed by atoms with Crippen molar-refractivity contribution < 1.29 is 9.47 Å². The third-order valence-electron chi connectivity index (χ3n) is 3.35. The molecule has 0 aliphatic carbocycles. The monoisotopic (exact) mass is 267 g/mol. The third kappa shape index (κ3) is 3.19. The number of hydrogen-bond donors (Lipinski definition) is 1. The van der Waals surface area contributed by atoms with Crippen LogP contribution in [0.4, 0.5) is 0 Å². The van der Waals surface area contributed by atoms with Gasteiger partial charge >= 0.3 is 0 Å². The number of methoxy groups -OCH3 is 1. The van der Waals surface area contributed by atoms with Gasteiger partial charge in [-0.2, -0.15) is 0 Å². The summed E-state index contributed by atoms with van der Waals surface area (Å²) in [6.45, 7) is 3.67. The minimum atomic E-state index is 0.335. The van der Waals surface area contributed by atoms with Crippen LogP contribution in [0.3, 0.4) is 0 Å². The molecular formula is C14H21NO2S. The van der Waals surface area contributed by atoms with Crippen LogP contribution in [0.25, 0.3) is 0 Å². The zero-order valence-electron chi connectivity index (χ0n) is 11.0. The van der Waals surface area contributed by atoms with Crippen LogP contribution in [0.5, 0.6) is 5.75 Å². The van der Waals surface area contributed by atoms with Crippen molar-refractivity contribution in [1.82, 2.24) is 0 Å². The van der Waals surface area contributed by atoms with Gasteiger partial charge < -0.3 is 15.2 Å². The Hall–Kier alpha value is -0.710. The number of benzene rings is 1. The van der Waals surface area contributed by atoms with E-state index in [2.05, 4.69) is 19.1 Å². The Morgan fingerprint density at radius 1 is 1.44 bits per heavy atom. The Labute approximate surface area is 113 Å². The lowest BCUT2D eigenvalue weighted by Gasteiger charge is -2.21. The summed E-state index contributed by atoms with van der Waals surface area (Å²) in [5.74, 6) is 0.886. The molecule has 1 aliphatic heterocycles. The van der Waals surface area contributed by atoms with Crippen LogP contribution in [0, 0.1) is 0 Å². The highest BCUT2D eigenvalue weighted by molar-refractivity contribution is 8.00. The first-order valence-corrected chi connectivity index (χ1v) is 7.30. The van der Waals surface area contributed by atoms with E-state index in [0.29, 0.717) is 23.1 Å². The molecule has 3 unspecified atom stereocenters. The fourth-order valence-electron chi connectivity index (χ4n) is 2.19. The fourth-order valence-corrected chi connectivity index (χ4v) is 3.57. The van der Waals surface area contributed by atoms with Crippen molar-refractivity contribution in [2.45, 2.75) is 29.9 Å². The summed E-state index contributed by atoms with van der Waals surface area (Å²) in [4.78, 5) is 0. The molecule has 0 radical (unpaired) electrons. The number of thioether (sulfide) groups is 1. The molecule has 0 spiro atoms. The number of rotatable bonds is 5. The maximum Gasteiger partial charge on any atom is 0.118 e. The van der Waals surface area contributed by atoms with Crippen molar-refractivity contribution in [3.8, 4) is 5.75 Å². The van der Waals surface area contributed by atoms with Gasteiger partial charge in [0.1, 0.15) is 5.75 Å². The van der Waals surface area contributed by atoms with E-state index < -0.39 is 0 Å². The first kappa shape index (κ1) is 13.7. The predicted octanol–water partition coefficient (Wildman–Crippen LogP) is 2.61. The molecule has 1 heterocycles. The summed E-state index contributed by atoms with van der Waals surface area (Å²) in [7, 11) is 1.68. The molecule has 0 saturated carbocycles. The Kier molecular flexibility index (Phi) is 4.92.